The number of hydrogen-bond acceptors (Lipinski definition) is 9. The molecule has 4 unspecified atom stereocenters. The zero-order valence-electron chi connectivity index (χ0n) is 38.2. The Bertz CT molecular complexity index is 2670. The number of likely N-dealkylation sites (tertiary alicyclic amines) is 2. The number of aromatic amines is 2. The van der Waals surface area contributed by atoms with E-state index in [0.717, 1.165) is 83.6 Å². The first kappa shape index (κ1) is 42.7. The number of hydrogen-bond donors (Lipinski definition) is 4. The molecule has 2 aromatic heterocycles. The average Bonchev–Trinajstić information content (AvgIpc) is 4.00. The highest BCUT2D eigenvalue weighted by molar-refractivity contribution is 5.89. The van der Waals surface area contributed by atoms with Gasteiger partial charge in [-0.05, 0) is 114 Å². The van der Waals surface area contributed by atoms with Crippen molar-refractivity contribution in [3.63, 3.8) is 0 Å². The van der Waals surface area contributed by atoms with E-state index in [1.165, 1.54) is 36.5 Å². The normalized spacial score (nSPS) is 24.1. The maximum Gasteiger partial charge on any atom is 0.407 e. The van der Waals surface area contributed by atoms with Gasteiger partial charge in [0.15, 0.2) is 0 Å². The number of piperidine rings is 1. The van der Waals surface area contributed by atoms with Gasteiger partial charge in [-0.1, -0.05) is 70.2 Å². The first-order valence-electron chi connectivity index (χ1n) is 23.2. The van der Waals surface area contributed by atoms with Crippen LogP contribution in [0.5, 0.6) is 0 Å². The Balaban J connectivity index is 0.903. The molecule has 0 spiro atoms. The molecule has 0 radical (unpaired) electrons. The molecule has 5 aliphatic rings. The lowest BCUT2D eigenvalue weighted by Crippen LogP contribution is -2.52. The van der Waals surface area contributed by atoms with E-state index in [1.807, 2.05) is 43.7 Å². The number of H-pyrrole nitrogens is 2. The van der Waals surface area contributed by atoms with E-state index >= 15 is 0 Å². The van der Waals surface area contributed by atoms with Crippen molar-refractivity contribution in [2.45, 2.75) is 109 Å². The lowest BCUT2D eigenvalue weighted by atomic mass is 9.81. The van der Waals surface area contributed by atoms with E-state index in [9.17, 15) is 19.2 Å². The van der Waals surface area contributed by atoms with Crippen molar-refractivity contribution in [2.75, 3.05) is 27.8 Å². The number of methoxy groups -OCH3 is 2. The van der Waals surface area contributed by atoms with Gasteiger partial charge in [-0.15, -0.1) is 0 Å². The van der Waals surface area contributed by atoms with Gasteiger partial charge in [0.05, 0.1) is 49.2 Å². The third-order valence-electron chi connectivity index (χ3n) is 14.9. The number of ether oxygens (including phenoxy) is 2. The summed E-state index contributed by atoms with van der Waals surface area (Å²) in [6.45, 7) is 8.30. The monoisotopic (exact) mass is 881 g/mol. The Morgan fingerprint density at radius 1 is 0.708 bits per heavy atom. The minimum Gasteiger partial charge on any atom is -0.453 e. The maximum absolute atomic E-state index is 14.0. The molecular weight excluding hydrogens is 823 g/mol. The molecule has 4 amide bonds. The van der Waals surface area contributed by atoms with E-state index < -0.39 is 24.3 Å². The number of imidazole rings is 2. The second kappa shape index (κ2) is 16.6. The summed E-state index contributed by atoms with van der Waals surface area (Å²) in [4.78, 5) is 75.3. The number of nitrogens with one attached hydrogen (secondary N) is 4. The highest BCUT2D eigenvalue weighted by atomic mass is 16.5. The van der Waals surface area contributed by atoms with Crippen LogP contribution >= 0.6 is 0 Å². The Hall–Kier alpha value is -6.22. The van der Waals surface area contributed by atoms with Crippen LogP contribution in [0.3, 0.4) is 0 Å². The third kappa shape index (κ3) is 7.41. The van der Waals surface area contributed by atoms with E-state index in [2.05, 4.69) is 87.1 Å². The van der Waals surface area contributed by atoms with E-state index in [0.29, 0.717) is 24.5 Å². The Kier molecular flexibility index (Phi) is 10.9. The van der Waals surface area contributed by atoms with Crippen LogP contribution in [0.25, 0.3) is 44.5 Å². The second-order valence-electron chi connectivity index (χ2n) is 19.3. The molecule has 340 valence electrons. The molecule has 65 heavy (non-hydrogen) atoms. The van der Waals surface area contributed by atoms with E-state index in [-0.39, 0.29) is 41.8 Å². The molecule has 15 nitrogen and oxygen atoms in total. The topological polar surface area (TPSA) is 178 Å². The van der Waals surface area contributed by atoms with Gasteiger partial charge in [-0.2, -0.15) is 0 Å². The number of carbonyl (C=O) groups is 4. The molecular formula is C50H59N9O6. The lowest BCUT2D eigenvalue weighted by molar-refractivity contribution is -0.137. The quantitative estimate of drug-likeness (QED) is 0.102. The zero-order valence-corrected chi connectivity index (χ0v) is 38.2. The van der Waals surface area contributed by atoms with Gasteiger partial charge >= 0.3 is 12.2 Å². The fourth-order valence-corrected chi connectivity index (χ4v) is 11.4. The molecule has 10 rings (SSSR count). The minimum absolute atomic E-state index is 0.0877. The molecule has 2 bridgehead atoms. The van der Waals surface area contributed by atoms with Crippen molar-refractivity contribution in [2.24, 2.45) is 17.8 Å². The second-order valence-corrected chi connectivity index (χ2v) is 19.3. The van der Waals surface area contributed by atoms with Gasteiger partial charge in [0.2, 0.25) is 11.8 Å². The van der Waals surface area contributed by atoms with Crippen molar-refractivity contribution < 1.29 is 28.7 Å². The van der Waals surface area contributed by atoms with Gasteiger partial charge in [0.1, 0.15) is 23.7 Å². The number of amides is 4. The summed E-state index contributed by atoms with van der Waals surface area (Å²) in [5.41, 5.74) is 11.3. The standard InChI is InChI=1S/C50H59N9O6/c1-25(2)43(55-49(62)64-6)47(60)58-20-8-9-38(58)45-51-24-35(54-45)28-12-10-27(11-13-28)31-15-16-32(42-37-19-18-36(41(31)42)57(37)5)29-14-17-33-34(21-29)53-46(52-33)40-23-30-22-39(30)59(40)48(61)44(26(3)4)56-50(63)65-7/h10-17,21,24-26,30,36-40,43-44H,8-9,18-20,22-23H2,1-7H3,(H,51,54)(H,52,53)(H,55,62)(H,56,63)/t30?,36?,37?,38-,39?,40-,43-,44-/m0/s1. The number of rotatable bonds is 11. The van der Waals surface area contributed by atoms with Crippen molar-refractivity contribution in [1.82, 2.24) is 45.3 Å². The number of carbonyl (C=O) groups excluding carboxylic acids is 4. The van der Waals surface area contributed by atoms with Gasteiger partial charge < -0.3 is 39.9 Å². The number of aromatic nitrogens is 4. The Labute approximate surface area is 379 Å². The van der Waals surface area contributed by atoms with E-state index in [1.54, 1.807) is 0 Å². The average molecular weight is 882 g/mol. The smallest absolute Gasteiger partial charge is 0.407 e. The molecule has 1 aliphatic carbocycles. The van der Waals surface area contributed by atoms with E-state index in [4.69, 9.17) is 19.4 Å². The molecule has 4 fully saturated rings. The van der Waals surface area contributed by atoms with Gasteiger partial charge in [0, 0.05) is 24.7 Å². The van der Waals surface area contributed by atoms with Crippen LogP contribution in [0.1, 0.15) is 113 Å². The predicted molar refractivity (Wildman–Crippen MR) is 245 cm³/mol. The summed E-state index contributed by atoms with van der Waals surface area (Å²) < 4.78 is 9.66. The Morgan fingerprint density at radius 2 is 1.32 bits per heavy atom. The predicted octanol–water partition coefficient (Wildman–Crippen LogP) is 8.20. The molecule has 3 aromatic carbocycles. The van der Waals surface area contributed by atoms with Crippen LogP contribution in [0.15, 0.2) is 60.8 Å². The van der Waals surface area contributed by atoms with Crippen molar-refractivity contribution in [3.05, 3.63) is 83.6 Å². The summed E-state index contributed by atoms with van der Waals surface area (Å²) >= 11 is 0. The molecule has 15 heteroatoms. The van der Waals surface area contributed by atoms with Crippen LogP contribution in [-0.4, -0.2) is 105 Å². The summed E-state index contributed by atoms with van der Waals surface area (Å²) in [5, 5.41) is 5.50. The summed E-state index contributed by atoms with van der Waals surface area (Å²) in [6, 6.07) is 18.8. The molecule has 1 saturated carbocycles. The summed E-state index contributed by atoms with van der Waals surface area (Å²) in [6.07, 6.45) is 6.31. The molecule has 8 atom stereocenters. The zero-order chi connectivity index (χ0) is 45.4. The van der Waals surface area contributed by atoms with Crippen LogP contribution in [-0.2, 0) is 19.1 Å². The van der Waals surface area contributed by atoms with Crippen molar-refractivity contribution >= 4 is 35.0 Å². The van der Waals surface area contributed by atoms with Crippen molar-refractivity contribution in [3.8, 4) is 33.5 Å². The SMILES string of the molecule is COC(=O)N[C@H](C(=O)N1CCC[C@H]1c1ncc(-c2ccc(-c3ccc(-c4ccc5nc([C@@H]6CC7CC7N6C(=O)[C@@H](NC(=O)OC)C(C)C)[nH]c5c4)c4c3C3CCC4N3C)cc2)[nH]1)C(C)C. The number of alkyl carbamates (subject to hydrolysis) is 2. The van der Waals surface area contributed by atoms with Crippen LogP contribution in [0.2, 0.25) is 0 Å². The molecule has 4 aliphatic heterocycles. The number of nitrogens with zero attached hydrogens (tertiary/aromatic N) is 5. The largest absolute Gasteiger partial charge is 0.453 e. The molecule has 5 aromatic rings. The fraction of sp³-hybridized carbons (Fsp3) is 0.480. The van der Waals surface area contributed by atoms with Gasteiger partial charge in [-0.3, -0.25) is 14.5 Å². The fourth-order valence-electron chi connectivity index (χ4n) is 11.4. The number of benzene rings is 3. The van der Waals surface area contributed by atoms with Crippen LogP contribution in [0.4, 0.5) is 9.59 Å². The van der Waals surface area contributed by atoms with Crippen LogP contribution in [0, 0.1) is 17.8 Å². The summed E-state index contributed by atoms with van der Waals surface area (Å²) in [5.74, 6) is 1.54. The first-order valence-corrected chi connectivity index (χ1v) is 23.2. The highest BCUT2D eigenvalue weighted by Gasteiger charge is 2.56. The molecule has 4 N–H and O–H groups in total. The Morgan fingerprint density at radius 3 is 1.97 bits per heavy atom. The number of fused-ring (bicyclic) bond motifs is 7. The lowest BCUT2D eigenvalue weighted by Gasteiger charge is -2.31. The van der Waals surface area contributed by atoms with Crippen LogP contribution < -0.4 is 10.6 Å². The third-order valence-corrected chi connectivity index (χ3v) is 14.9. The first-order chi connectivity index (χ1) is 31.3. The van der Waals surface area contributed by atoms with Crippen molar-refractivity contribution in [1.29, 1.82) is 0 Å². The minimum atomic E-state index is -0.689. The molecule has 6 heterocycles. The van der Waals surface area contributed by atoms with Gasteiger partial charge in [-0.25, -0.2) is 19.6 Å². The maximum atomic E-state index is 14.0. The summed E-state index contributed by atoms with van der Waals surface area (Å²) in [7, 11) is 4.87. The van der Waals surface area contributed by atoms with Gasteiger partial charge in [0.25, 0.3) is 0 Å². The molecule has 3 saturated heterocycles. The highest BCUT2D eigenvalue weighted by Crippen LogP contribution is 2.58.